The molecule has 4 heterocycles. The van der Waals surface area contributed by atoms with E-state index in [0.717, 1.165) is 26.7 Å². The van der Waals surface area contributed by atoms with E-state index in [1.807, 2.05) is 6.92 Å². The molecule has 0 unspecified atom stereocenters. The topological polar surface area (TPSA) is 53.7 Å². The van der Waals surface area contributed by atoms with Crippen molar-refractivity contribution in [2.24, 2.45) is 0 Å². The molecule has 0 spiro atoms. The second-order valence-corrected chi connectivity index (χ2v) is 9.64. The average Bonchev–Trinajstić information content (AvgIpc) is 3.12. The number of thiophene rings is 1. The summed E-state index contributed by atoms with van der Waals surface area (Å²) >= 11 is 6.86. The molecule has 24 heavy (non-hydrogen) atoms. The number of fused-ring (bicyclic) bond motifs is 1. The van der Waals surface area contributed by atoms with Gasteiger partial charge in [-0.3, -0.25) is 4.90 Å². The number of aromatic nitrogens is 3. The molecule has 1 atom stereocenters. The van der Waals surface area contributed by atoms with Crippen LogP contribution in [-0.2, 0) is 0 Å². The van der Waals surface area contributed by atoms with Crippen molar-refractivity contribution in [1.29, 1.82) is 0 Å². The van der Waals surface area contributed by atoms with Crippen LogP contribution in [0.2, 0.25) is 0 Å². The first kappa shape index (κ1) is 16.5. The Balaban J connectivity index is 1.81. The maximum Gasteiger partial charge on any atom is 0.230 e. The predicted octanol–water partition coefficient (Wildman–Crippen LogP) is 4.59. The molecule has 1 aliphatic heterocycles. The molecule has 1 aliphatic rings. The van der Waals surface area contributed by atoms with Gasteiger partial charge in [-0.25, -0.2) is 4.98 Å². The Bertz CT molecular complexity index is 848. The maximum absolute atomic E-state index is 10.8. The van der Waals surface area contributed by atoms with Gasteiger partial charge >= 0.3 is 0 Å². The molecule has 4 rings (SSSR count). The first-order chi connectivity index (χ1) is 11.6. The summed E-state index contributed by atoms with van der Waals surface area (Å²) in [6, 6.07) is 4.32. The van der Waals surface area contributed by atoms with Crippen LogP contribution in [0.1, 0.15) is 47.3 Å². The first-order valence-corrected chi connectivity index (χ1v) is 10.6. The van der Waals surface area contributed by atoms with Crippen molar-refractivity contribution in [2.75, 3.05) is 13.1 Å². The van der Waals surface area contributed by atoms with Gasteiger partial charge in [0.1, 0.15) is 5.82 Å². The van der Waals surface area contributed by atoms with Crippen molar-refractivity contribution in [3.8, 4) is 5.88 Å². The Kier molecular flexibility index (Phi) is 4.64. The van der Waals surface area contributed by atoms with E-state index in [4.69, 9.17) is 0 Å². The maximum atomic E-state index is 10.8. The molecular formula is C16H19BrN4OS2. The Hall–Kier alpha value is -0.960. The van der Waals surface area contributed by atoms with E-state index in [1.54, 1.807) is 27.2 Å². The molecule has 8 heteroatoms. The summed E-state index contributed by atoms with van der Waals surface area (Å²) in [5, 5.41) is 15.1. The summed E-state index contributed by atoms with van der Waals surface area (Å²) in [4.78, 5) is 9.88. The third-order valence-corrected chi connectivity index (χ3v) is 7.17. The zero-order chi connectivity index (χ0) is 16.7. The highest BCUT2D eigenvalue weighted by molar-refractivity contribution is 9.11. The van der Waals surface area contributed by atoms with Crippen LogP contribution in [-0.4, -0.2) is 37.7 Å². The second kappa shape index (κ2) is 6.74. The lowest BCUT2D eigenvalue weighted by atomic mass is 10.1. The molecule has 3 aromatic heterocycles. The minimum atomic E-state index is 0.0770. The van der Waals surface area contributed by atoms with Crippen LogP contribution in [0.5, 0.6) is 5.88 Å². The minimum Gasteiger partial charge on any atom is -0.492 e. The van der Waals surface area contributed by atoms with Gasteiger partial charge in [-0.2, -0.15) is 4.52 Å². The van der Waals surface area contributed by atoms with Crippen molar-refractivity contribution in [1.82, 2.24) is 19.5 Å². The lowest BCUT2D eigenvalue weighted by molar-refractivity contribution is 0.235. The van der Waals surface area contributed by atoms with Gasteiger partial charge < -0.3 is 5.11 Å². The fourth-order valence-corrected chi connectivity index (χ4v) is 6.13. The van der Waals surface area contributed by atoms with Crippen LogP contribution < -0.4 is 0 Å². The molecule has 0 aliphatic carbocycles. The predicted molar refractivity (Wildman–Crippen MR) is 101 cm³/mol. The van der Waals surface area contributed by atoms with E-state index >= 15 is 0 Å². The smallest absolute Gasteiger partial charge is 0.230 e. The highest BCUT2D eigenvalue weighted by Crippen LogP contribution is 2.43. The molecule has 0 radical (unpaired) electrons. The van der Waals surface area contributed by atoms with Crippen LogP contribution in [0, 0.1) is 6.92 Å². The SMILES string of the molecule is Cc1nc2sc([C@@H](c3ccc(Br)s3)N3CCCCCC3)c(O)n2n1. The van der Waals surface area contributed by atoms with Crippen LogP contribution in [0.25, 0.3) is 4.96 Å². The van der Waals surface area contributed by atoms with E-state index in [0.29, 0.717) is 5.82 Å². The summed E-state index contributed by atoms with van der Waals surface area (Å²) in [5.74, 6) is 0.919. The van der Waals surface area contributed by atoms with Gasteiger partial charge in [-0.05, 0) is 60.9 Å². The quantitative estimate of drug-likeness (QED) is 0.664. The zero-order valence-corrected chi connectivity index (χ0v) is 16.6. The molecule has 0 bridgehead atoms. The largest absolute Gasteiger partial charge is 0.492 e. The summed E-state index contributed by atoms with van der Waals surface area (Å²) in [7, 11) is 0. The van der Waals surface area contributed by atoms with E-state index < -0.39 is 0 Å². The van der Waals surface area contributed by atoms with Crippen molar-refractivity contribution >= 4 is 43.6 Å². The van der Waals surface area contributed by atoms with E-state index in [1.165, 1.54) is 30.6 Å². The lowest BCUT2D eigenvalue weighted by Crippen LogP contribution is -2.29. The number of hydrogen-bond donors (Lipinski definition) is 1. The second-order valence-electron chi connectivity index (χ2n) is 6.14. The Morgan fingerprint density at radius 3 is 2.54 bits per heavy atom. The monoisotopic (exact) mass is 426 g/mol. The minimum absolute atomic E-state index is 0.0770. The zero-order valence-electron chi connectivity index (χ0n) is 13.4. The van der Waals surface area contributed by atoms with Gasteiger partial charge in [0.05, 0.1) is 14.7 Å². The Labute approximate surface area is 157 Å². The molecule has 1 N–H and O–H groups in total. The Morgan fingerprint density at radius 1 is 1.17 bits per heavy atom. The third kappa shape index (κ3) is 3.00. The summed E-state index contributed by atoms with van der Waals surface area (Å²) < 4.78 is 2.69. The van der Waals surface area contributed by atoms with E-state index in [9.17, 15) is 5.11 Å². The number of halogens is 1. The number of nitrogens with zero attached hydrogens (tertiary/aromatic N) is 4. The van der Waals surface area contributed by atoms with Gasteiger partial charge in [0.15, 0.2) is 0 Å². The Morgan fingerprint density at radius 2 is 1.92 bits per heavy atom. The van der Waals surface area contributed by atoms with Crippen LogP contribution in [0.4, 0.5) is 0 Å². The summed E-state index contributed by atoms with van der Waals surface area (Å²) in [5.41, 5.74) is 0. The molecule has 3 aromatic rings. The number of hydrogen-bond acceptors (Lipinski definition) is 6. The van der Waals surface area contributed by atoms with Crippen LogP contribution in [0.15, 0.2) is 15.9 Å². The first-order valence-electron chi connectivity index (χ1n) is 8.18. The standard InChI is InChI=1S/C16H19BrN4OS2/c1-10-18-16-21(19-10)15(22)14(24-16)13(11-6-7-12(17)23-11)20-8-4-2-3-5-9-20/h6-7,13,22H,2-5,8-9H2,1H3/t13-/m1/s1. The highest BCUT2D eigenvalue weighted by atomic mass is 79.9. The van der Waals surface area contributed by atoms with Gasteiger partial charge in [-0.1, -0.05) is 24.2 Å². The molecule has 1 fully saturated rings. The fraction of sp³-hybridized carbons (Fsp3) is 0.500. The van der Waals surface area contributed by atoms with Crippen molar-refractivity contribution in [2.45, 2.75) is 38.6 Å². The number of thiazole rings is 1. The molecular weight excluding hydrogens is 408 g/mol. The number of aromatic hydroxyl groups is 1. The van der Waals surface area contributed by atoms with E-state index in [-0.39, 0.29) is 11.9 Å². The molecule has 128 valence electrons. The third-order valence-electron chi connectivity index (χ3n) is 4.42. The number of rotatable bonds is 3. The molecule has 0 saturated carbocycles. The van der Waals surface area contributed by atoms with Crippen LogP contribution in [0.3, 0.4) is 0 Å². The fourth-order valence-electron chi connectivity index (χ4n) is 3.33. The highest BCUT2D eigenvalue weighted by Gasteiger charge is 2.30. The normalized spacial score (nSPS) is 18.1. The number of aryl methyl sites for hydroxylation is 1. The summed E-state index contributed by atoms with van der Waals surface area (Å²) in [6.45, 7) is 3.97. The van der Waals surface area contributed by atoms with Crippen molar-refractivity contribution < 1.29 is 5.11 Å². The molecule has 0 aromatic carbocycles. The molecule has 1 saturated heterocycles. The van der Waals surface area contributed by atoms with Gasteiger partial charge in [0, 0.05) is 4.88 Å². The van der Waals surface area contributed by atoms with Crippen molar-refractivity contribution in [3.05, 3.63) is 31.5 Å². The van der Waals surface area contributed by atoms with Crippen molar-refractivity contribution in [3.63, 3.8) is 0 Å². The molecule has 0 amide bonds. The van der Waals surface area contributed by atoms with Gasteiger partial charge in [-0.15, -0.1) is 16.4 Å². The number of likely N-dealkylation sites (tertiary alicyclic amines) is 1. The van der Waals surface area contributed by atoms with E-state index in [2.05, 4.69) is 43.0 Å². The van der Waals surface area contributed by atoms with Crippen LogP contribution >= 0.6 is 38.6 Å². The lowest BCUT2D eigenvalue weighted by Gasteiger charge is -2.29. The molecule has 5 nitrogen and oxygen atoms in total. The van der Waals surface area contributed by atoms with Gasteiger partial charge in [0.2, 0.25) is 10.8 Å². The summed E-state index contributed by atoms with van der Waals surface area (Å²) in [6.07, 6.45) is 5.00. The van der Waals surface area contributed by atoms with Gasteiger partial charge in [0.25, 0.3) is 0 Å². The average molecular weight is 427 g/mol.